The maximum Gasteiger partial charge on any atom is 0.433 e. The number of alkyl halides is 3. The highest BCUT2D eigenvalue weighted by Gasteiger charge is 2.34. The lowest BCUT2D eigenvalue weighted by molar-refractivity contribution is -0.154. The Labute approximate surface area is 191 Å². The summed E-state index contributed by atoms with van der Waals surface area (Å²) in [5.74, 6) is -4.55. The molecule has 11 heteroatoms. The van der Waals surface area contributed by atoms with Crippen LogP contribution in [0.1, 0.15) is 31.4 Å². The number of carboxylic acid groups (broad SMARTS) is 2. The second-order valence-electron chi connectivity index (χ2n) is 7.58. The summed E-state index contributed by atoms with van der Waals surface area (Å²) in [4.78, 5) is 28.9. The van der Waals surface area contributed by atoms with Gasteiger partial charge >= 0.3 is 18.1 Å². The molecule has 0 unspecified atom stereocenters. The molecule has 0 saturated heterocycles. The molecule has 0 spiro atoms. The van der Waals surface area contributed by atoms with Crippen molar-refractivity contribution in [3.05, 3.63) is 48.2 Å². The molecule has 2 aromatic carbocycles. The van der Waals surface area contributed by atoms with Gasteiger partial charge in [0, 0.05) is 11.6 Å². The van der Waals surface area contributed by atoms with Crippen LogP contribution in [0.5, 0.6) is 11.6 Å². The lowest BCUT2D eigenvalue weighted by Crippen LogP contribution is -2.23. The zero-order valence-corrected chi connectivity index (χ0v) is 17.7. The van der Waals surface area contributed by atoms with Gasteiger partial charge in [-0.15, -0.1) is 0 Å². The largest absolute Gasteiger partial charge is 0.494 e. The van der Waals surface area contributed by atoms with Crippen LogP contribution in [0, 0.1) is 5.92 Å². The van der Waals surface area contributed by atoms with Crippen molar-refractivity contribution in [2.75, 3.05) is 6.61 Å². The number of fused-ring (bicyclic) bond motifs is 1. The van der Waals surface area contributed by atoms with Gasteiger partial charge in [0.25, 0.3) is 0 Å². The van der Waals surface area contributed by atoms with E-state index >= 15 is 0 Å². The molecule has 0 bridgehead atoms. The fraction of sp³-hybridized carbons (Fsp3) is 0.304. The Bertz CT molecular complexity index is 1190. The Kier molecular flexibility index (Phi) is 7.54. The zero-order valence-electron chi connectivity index (χ0n) is 17.7. The third kappa shape index (κ3) is 6.33. The van der Waals surface area contributed by atoms with Crippen LogP contribution >= 0.6 is 0 Å². The van der Waals surface area contributed by atoms with Gasteiger partial charge in [-0.2, -0.15) is 18.2 Å². The van der Waals surface area contributed by atoms with Crippen LogP contribution in [0.25, 0.3) is 22.2 Å². The van der Waals surface area contributed by atoms with E-state index in [1.807, 2.05) is 0 Å². The van der Waals surface area contributed by atoms with E-state index < -0.39 is 35.6 Å². The minimum absolute atomic E-state index is 0.0519. The van der Waals surface area contributed by atoms with Gasteiger partial charge in [0.1, 0.15) is 5.75 Å². The maximum atomic E-state index is 13.0. The first kappa shape index (κ1) is 24.7. The van der Waals surface area contributed by atoms with E-state index in [9.17, 15) is 27.9 Å². The number of hydrogen-bond donors (Lipinski definition) is 3. The van der Waals surface area contributed by atoms with Gasteiger partial charge in [-0.3, -0.25) is 9.59 Å². The molecule has 0 fully saturated rings. The van der Waals surface area contributed by atoms with Crippen molar-refractivity contribution in [3.63, 3.8) is 0 Å². The van der Waals surface area contributed by atoms with Crippen molar-refractivity contribution >= 4 is 22.7 Å². The van der Waals surface area contributed by atoms with E-state index in [0.29, 0.717) is 48.6 Å². The highest BCUT2D eigenvalue weighted by atomic mass is 19.4. The number of aliphatic carboxylic acids is 2. The molecular formula is C23H21F3N2O6. The average molecular weight is 478 g/mol. The van der Waals surface area contributed by atoms with Crippen LogP contribution in [-0.4, -0.2) is 43.8 Å². The quantitative estimate of drug-likeness (QED) is 0.281. The molecule has 8 nitrogen and oxygen atoms in total. The van der Waals surface area contributed by atoms with Crippen LogP contribution in [0.15, 0.2) is 42.5 Å². The van der Waals surface area contributed by atoms with Gasteiger partial charge in [-0.05, 0) is 41.8 Å². The number of hydrogen-bond acceptors (Lipinski definition) is 6. The second kappa shape index (κ2) is 10.4. The SMILES string of the molecule is O=C(O)C(CCCCCOc1ccc2cc(-c3nc(O)cc(C(F)(F)F)n3)ccc2c1)C(=O)O. The Morgan fingerprint density at radius 2 is 1.59 bits per heavy atom. The summed E-state index contributed by atoms with van der Waals surface area (Å²) in [7, 11) is 0. The van der Waals surface area contributed by atoms with Crippen molar-refractivity contribution in [2.24, 2.45) is 5.92 Å². The molecule has 0 saturated carbocycles. The molecule has 180 valence electrons. The lowest BCUT2D eigenvalue weighted by Gasteiger charge is -2.10. The average Bonchev–Trinajstić information content (AvgIpc) is 2.76. The molecule has 3 aromatic rings. The summed E-state index contributed by atoms with van der Waals surface area (Å²) in [6.45, 7) is 0.353. The monoisotopic (exact) mass is 478 g/mol. The number of rotatable bonds is 10. The Hall–Kier alpha value is -3.89. The van der Waals surface area contributed by atoms with E-state index in [-0.39, 0.29) is 12.2 Å². The van der Waals surface area contributed by atoms with E-state index in [0.717, 1.165) is 5.39 Å². The lowest BCUT2D eigenvalue weighted by atomic mass is 10.0. The molecule has 3 rings (SSSR count). The highest BCUT2D eigenvalue weighted by molar-refractivity contribution is 5.92. The van der Waals surface area contributed by atoms with Crippen LogP contribution in [-0.2, 0) is 15.8 Å². The maximum absolute atomic E-state index is 13.0. The fourth-order valence-electron chi connectivity index (χ4n) is 3.33. The number of carboxylic acids is 2. The van der Waals surface area contributed by atoms with Crippen LogP contribution in [0.3, 0.4) is 0 Å². The molecule has 34 heavy (non-hydrogen) atoms. The second-order valence-corrected chi connectivity index (χ2v) is 7.58. The molecule has 1 heterocycles. The molecule has 0 aliphatic heterocycles. The van der Waals surface area contributed by atoms with Gasteiger partial charge in [0.05, 0.1) is 6.61 Å². The molecule has 0 amide bonds. The van der Waals surface area contributed by atoms with Gasteiger partial charge in [-0.25, -0.2) is 4.98 Å². The highest BCUT2D eigenvalue weighted by Crippen LogP contribution is 2.32. The first-order valence-electron chi connectivity index (χ1n) is 10.3. The van der Waals surface area contributed by atoms with Gasteiger partial charge in [0.2, 0.25) is 5.88 Å². The number of aromatic hydroxyl groups is 1. The standard InChI is InChI=1S/C23H21F3N2O6/c24-23(25,26)18-12-19(29)28-20(27-18)15-6-5-14-11-16(8-7-13(14)10-15)34-9-3-1-2-4-17(21(30)31)22(32)33/h5-8,10-12,17H,1-4,9H2,(H,30,31)(H,32,33)(H,27,28,29). The predicted octanol–water partition coefficient (Wildman–Crippen LogP) is 4.75. The first-order valence-corrected chi connectivity index (χ1v) is 10.3. The summed E-state index contributed by atoms with van der Waals surface area (Å²) in [5, 5.41) is 28.7. The minimum atomic E-state index is -4.72. The Morgan fingerprint density at radius 3 is 2.26 bits per heavy atom. The van der Waals surface area contributed by atoms with E-state index in [1.165, 1.54) is 0 Å². The van der Waals surface area contributed by atoms with Crippen molar-refractivity contribution in [3.8, 4) is 23.0 Å². The normalized spacial score (nSPS) is 11.6. The van der Waals surface area contributed by atoms with Gasteiger partial charge < -0.3 is 20.1 Å². The number of halogens is 3. The Morgan fingerprint density at radius 1 is 0.912 bits per heavy atom. The summed E-state index contributed by atoms with van der Waals surface area (Å²) >= 11 is 0. The number of nitrogens with zero attached hydrogens (tertiary/aromatic N) is 2. The van der Waals surface area contributed by atoms with Crippen molar-refractivity contribution in [1.29, 1.82) is 0 Å². The van der Waals surface area contributed by atoms with E-state index in [4.69, 9.17) is 14.9 Å². The zero-order chi connectivity index (χ0) is 24.9. The number of unbranched alkanes of at least 4 members (excludes halogenated alkanes) is 2. The minimum Gasteiger partial charge on any atom is -0.494 e. The van der Waals surface area contributed by atoms with Crippen LogP contribution in [0.4, 0.5) is 13.2 Å². The molecule has 0 aliphatic carbocycles. The number of benzene rings is 2. The van der Waals surface area contributed by atoms with Crippen molar-refractivity contribution in [2.45, 2.75) is 31.9 Å². The topological polar surface area (TPSA) is 130 Å². The Balaban J connectivity index is 1.60. The molecule has 0 radical (unpaired) electrons. The molecular weight excluding hydrogens is 457 g/mol. The molecule has 0 aliphatic rings. The van der Waals surface area contributed by atoms with Gasteiger partial charge in [-0.1, -0.05) is 31.0 Å². The molecule has 0 atom stereocenters. The molecule has 3 N–H and O–H groups in total. The summed E-state index contributed by atoms with van der Waals surface area (Å²) in [5.41, 5.74) is -0.927. The summed E-state index contributed by atoms with van der Waals surface area (Å²) in [6, 6.07) is 10.5. The third-order valence-electron chi connectivity index (χ3n) is 5.08. The number of ether oxygens (including phenoxy) is 1. The predicted molar refractivity (Wildman–Crippen MR) is 114 cm³/mol. The molecule has 1 aromatic heterocycles. The van der Waals surface area contributed by atoms with Crippen LogP contribution in [0.2, 0.25) is 0 Å². The van der Waals surface area contributed by atoms with Crippen LogP contribution < -0.4 is 4.74 Å². The number of carbonyl (C=O) groups is 2. The van der Waals surface area contributed by atoms with Crippen molar-refractivity contribution < 1.29 is 42.8 Å². The first-order chi connectivity index (χ1) is 16.0. The summed E-state index contributed by atoms with van der Waals surface area (Å²) < 4.78 is 44.6. The summed E-state index contributed by atoms with van der Waals surface area (Å²) in [6.07, 6.45) is -3.00. The smallest absolute Gasteiger partial charge is 0.433 e. The van der Waals surface area contributed by atoms with Crippen molar-refractivity contribution in [1.82, 2.24) is 9.97 Å². The number of aromatic nitrogens is 2. The third-order valence-corrected chi connectivity index (χ3v) is 5.08. The van der Waals surface area contributed by atoms with Gasteiger partial charge in [0.15, 0.2) is 17.4 Å². The van der Waals surface area contributed by atoms with E-state index in [2.05, 4.69) is 9.97 Å². The van der Waals surface area contributed by atoms with E-state index in [1.54, 1.807) is 36.4 Å². The fourth-order valence-corrected chi connectivity index (χ4v) is 3.33.